The Kier molecular flexibility index (Phi) is 4.78. The summed E-state index contributed by atoms with van der Waals surface area (Å²) in [6.07, 6.45) is 4.98. The number of carbonyl (C=O) groups excluding carboxylic acids is 1. The summed E-state index contributed by atoms with van der Waals surface area (Å²) in [6.45, 7) is 2.18. The second-order valence-corrected chi connectivity index (χ2v) is 7.35. The van der Waals surface area contributed by atoms with Crippen LogP contribution in [0.4, 0.5) is 0 Å². The van der Waals surface area contributed by atoms with Crippen molar-refractivity contribution < 1.29 is 14.6 Å². The molecule has 1 aromatic heterocycles. The summed E-state index contributed by atoms with van der Waals surface area (Å²) in [5, 5.41) is 14.8. The van der Waals surface area contributed by atoms with Gasteiger partial charge in [-0.2, -0.15) is 5.10 Å². The zero-order valence-electron chi connectivity index (χ0n) is 14.8. The average Bonchev–Trinajstić information content (AvgIpc) is 3.38. The van der Waals surface area contributed by atoms with Crippen molar-refractivity contribution in [3.63, 3.8) is 0 Å². The molecular weight excluding hydrogens is 330 g/mol. The second-order valence-electron chi connectivity index (χ2n) is 7.35. The summed E-state index contributed by atoms with van der Waals surface area (Å²) in [5.74, 6) is 0.362. The fourth-order valence-corrected chi connectivity index (χ4v) is 4.12. The zero-order valence-corrected chi connectivity index (χ0v) is 14.8. The van der Waals surface area contributed by atoms with Crippen molar-refractivity contribution in [3.8, 4) is 0 Å². The molecule has 1 aromatic carbocycles. The molecular formula is C20H25N3O3. The van der Waals surface area contributed by atoms with E-state index in [1.807, 2.05) is 35.1 Å². The van der Waals surface area contributed by atoms with Crippen LogP contribution in [0.1, 0.15) is 30.7 Å². The number of likely N-dealkylation sites (tertiary alicyclic amines) is 1. The fourth-order valence-electron chi connectivity index (χ4n) is 4.12. The molecule has 1 N–H and O–H groups in total. The SMILES string of the molecule is O=C(CCCn1cccn1)N1C[C@@H](O)[C@@]2(C[C@@H](c3ccccc3)CO2)C1. The lowest BCUT2D eigenvalue weighted by Crippen LogP contribution is -2.41. The molecule has 2 saturated heterocycles. The van der Waals surface area contributed by atoms with Gasteiger partial charge in [0, 0.05) is 37.8 Å². The van der Waals surface area contributed by atoms with Crippen molar-refractivity contribution in [1.82, 2.24) is 14.7 Å². The van der Waals surface area contributed by atoms with Crippen LogP contribution in [-0.2, 0) is 16.1 Å². The van der Waals surface area contributed by atoms with Crippen LogP contribution in [0.25, 0.3) is 0 Å². The molecule has 4 rings (SSSR count). The molecule has 2 fully saturated rings. The molecule has 3 heterocycles. The number of aliphatic hydroxyl groups is 1. The maximum atomic E-state index is 12.5. The molecule has 0 unspecified atom stereocenters. The number of aliphatic hydroxyl groups excluding tert-OH is 1. The largest absolute Gasteiger partial charge is 0.388 e. The minimum absolute atomic E-state index is 0.0832. The van der Waals surface area contributed by atoms with Gasteiger partial charge in [0.05, 0.1) is 13.2 Å². The van der Waals surface area contributed by atoms with Crippen LogP contribution in [0, 0.1) is 0 Å². The van der Waals surface area contributed by atoms with Gasteiger partial charge in [0.2, 0.25) is 5.91 Å². The number of benzene rings is 1. The highest BCUT2D eigenvalue weighted by Gasteiger charge is 2.53. The lowest BCUT2D eigenvalue weighted by atomic mass is 9.87. The summed E-state index contributed by atoms with van der Waals surface area (Å²) in [4.78, 5) is 14.3. The Morgan fingerprint density at radius 3 is 2.92 bits per heavy atom. The molecule has 6 nitrogen and oxygen atoms in total. The summed E-state index contributed by atoms with van der Waals surface area (Å²) in [6, 6.07) is 12.1. The van der Waals surface area contributed by atoms with E-state index in [1.165, 1.54) is 5.56 Å². The number of hydrogen-bond acceptors (Lipinski definition) is 4. The summed E-state index contributed by atoms with van der Waals surface area (Å²) in [5.41, 5.74) is 0.624. The van der Waals surface area contributed by atoms with E-state index in [2.05, 4.69) is 17.2 Å². The standard InChI is InChI=1S/C20H25N3O3/c24-18-13-22(19(25)8-4-10-23-11-5-9-21-23)15-20(18)12-17(14-26-20)16-6-2-1-3-7-16/h1-3,5-7,9,11,17-18,24H,4,8,10,12-15H2/t17-,18-,20-/m1/s1. The Balaban J connectivity index is 1.33. The Labute approximate surface area is 153 Å². The number of aromatic nitrogens is 2. The zero-order chi connectivity index (χ0) is 18.0. The number of carbonyl (C=O) groups is 1. The van der Waals surface area contributed by atoms with E-state index in [1.54, 1.807) is 11.1 Å². The van der Waals surface area contributed by atoms with E-state index in [0.29, 0.717) is 26.1 Å². The average molecular weight is 355 g/mol. The minimum Gasteiger partial charge on any atom is -0.388 e. The van der Waals surface area contributed by atoms with Crippen molar-refractivity contribution >= 4 is 5.91 Å². The van der Waals surface area contributed by atoms with Crippen LogP contribution in [0.5, 0.6) is 0 Å². The van der Waals surface area contributed by atoms with E-state index in [-0.39, 0.29) is 11.8 Å². The Bertz CT molecular complexity index is 734. The van der Waals surface area contributed by atoms with E-state index in [9.17, 15) is 9.90 Å². The first-order chi connectivity index (χ1) is 12.7. The van der Waals surface area contributed by atoms with Gasteiger partial charge in [-0.25, -0.2) is 0 Å². The first-order valence-electron chi connectivity index (χ1n) is 9.28. The molecule has 0 bridgehead atoms. The number of amides is 1. The highest BCUT2D eigenvalue weighted by Crippen LogP contribution is 2.42. The molecule has 2 aliphatic rings. The predicted molar refractivity (Wildman–Crippen MR) is 96.5 cm³/mol. The molecule has 138 valence electrons. The van der Waals surface area contributed by atoms with Crippen molar-refractivity contribution in [2.75, 3.05) is 19.7 Å². The Hall–Kier alpha value is -2.18. The molecule has 1 amide bonds. The van der Waals surface area contributed by atoms with Gasteiger partial charge in [-0.3, -0.25) is 9.48 Å². The van der Waals surface area contributed by atoms with Crippen LogP contribution in [0.15, 0.2) is 48.8 Å². The normalized spacial score (nSPS) is 28.1. The third-order valence-corrected chi connectivity index (χ3v) is 5.58. The van der Waals surface area contributed by atoms with Crippen LogP contribution >= 0.6 is 0 Å². The second kappa shape index (κ2) is 7.21. The summed E-state index contributed by atoms with van der Waals surface area (Å²) >= 11 is 0. The van der Waals surface area contributed by atoms with Crippen LogP contribution in [0.3, 0.4) is 0 Å². The molecule has 1 spiro atoms. The molecule has 3 atom stereocenters. The van der Waals surface area contributed by atoms with E-state index in [0.717, 1.165) is 19.4 Å². The topological polar surface area (TPSA) is 67.6 Å². The monoisotopic (exact) mass is 355 g/mol. The van der Waals surface area contributed by atoms with Crippen LogP contribution in [0.2, 0.25) is 0 Å². The number of nitrogens with zero attached hydrogens (tertiary/aromatic N) is 3. The Morgan fingerprint density at radius 1 is 1.31 bits per heavy atom. The Morgan fingerprint density at radius 2 is 2.15 bits per heavy atom. The maximum absolute atomic E-state index is 12.5. The van der Waals surface area contributed by atoms with Crippen molar-refractivity contribution in [2.45, 2.75) is 43.4 Å². The van der Waals surface area contributed by atoms with Gasteiger partial charge in [-0.1, -0.05) is 30.3 Å². The third kappa shape index (κ3) is 3.39. The molecule has 0 radical (unpaired) electrons. The van der Waals surface area contributed by atoms with Gasteiger partial charge in [0.15, 0.2) is 0 Å². The molecule has 6 heteroatoms. The van der Waals surface area contributed by atoms with Gasteiger partial charge < -0.3 is 14.7 Å². The lowest BCUT2D eigenvalue weighted by molar-refractivity contribution is -0.131. The molecule has 2 aromatic rings. The van der Waals surface area contributed by atoms with Gasteiger partial charge >= 0.3 is 0 Å². The molecule has 26 heavy (non-hydrogen) atoms. The third-order valence-electron chi connectivity index (χ3n) is 5.58. The molecule has 0 aliphatic carbocycles. The summed E-state index contributed by atoms with van der Waals surface area (Å²) < 4.78 is 7.90. The van der Waals surface area contributed by atoms with Gasteiger partial charge in [-0.15, -0.1) is 0 Å². The number of β-amino-alcohol motifs (C(OH)–C–C–N with tert-alkyl or cyclic N) is 1. The highest BCUT2D eigenvalue weighted by atomic mass is 16.5. The maximum Gasteiger partial charge on any atom is 0.222 e. The minimum atomic E-state index is -0.619. The molecule has 2 aliphatic heterocycles. The number of ether oxygens (including phenoxy) is 1. The van der Waals surface area contributed by atoms with E-state index in [4.69, 9.17) is 4.74 Å². The first-order valence-corrected chi connectivity index (χ1v) is 9.28. The van der Waals surface area contributed by atoms with Crippen molar-refractivity contribution in [3.05, 3.63) is 54.4 Å². The fraction of sp³-hybridized carbons (Fsp3) is 0.500. The highest BCUT2D eigenvalue weighted by molar-refractivity contribution is 5.76. The smallest absolute Gasteiger partial charge is 0.222 e. The van der Waals surface area contributed by atoms with Crippen molar-refractivity contribution in [2.24, 2.45) is 0 Å². The molecule has 0 saturated carbocycles. The number of rotatable bonds is 5. The van der Waals surface area contributed by atoms with Gasteiger partial charge in [0.25, 0.3) is 0 Å². The number of aryl methyl sites for hydroxylation is 1. The van der Waals surface area contributed by atoms with Crippen LogP contribution in [-0.4, -0.2) is 57.1 Å². The quantitative estimate of drug-likeness (QED) is 0.888. The summed E-state index contributed by atoms with van der Waals surface area (Å²) in [7, 11) is 0. The first kappa shape index (κ1) is 17.2. The van der Waals surface area contributed by atoms with Gasteiger partial charge in [-0.05, 0) is 24.5 Å². The predicted octanol–water partition coefficient (Wildman–Crippen LogP) is 1.81. The van der Waals surface area contributed by atoms with Gasteiger partial charge in [0.1, 0.15) is 11.7 Å². The van der Waals surface area contributed by atoms with E-state index >= 15 is 0 Å². The van der Waals surface area contributed by atoms with E-state index < -0.39 is 11.7 Å². The van der Waals surface area contributed by atoms with Crippen molar-refractivity contribution in [1.29, 1.82) is 0 Å². The lowest BCUT2D eigenvalue weighted by Gasteiger charge is -2.26. The van der Waals surface area contributed by atoms with Crippen LogP contribution < -0.4 is 0 Å². The number of hydrogen-bond donors (Lipinski definition) is 1.